The summed E-state index contributed by atoms with van der Waals surface area (Å²) in [5, 5.41) is 3.28. The SMILES string of the molecule is COc1cc(OC)cc(C(=O)N2CCN(c3cc(C)nc(Nc4ccc(C)cc4)n3)CC2)c1. The topological polar surface area (TPSA) is 79.8 Å². The van der Waals surface area contributed by atoms with Crippen LogP contribution in [0.25, 0.3) is 0 Å². The Morgan fingerprint density at radius 2 is 1.52 bits per heavy atom. The van der Waals surface area contributed by atoms with Crippen LogP contribution < -0.4 is 19.7 Å². The molecule has 0 aliphatic carbocycles. The first-order valence-corrected chi connectivity index (χ1v) is 10.9. The van der Waals surface area contributed by atoms with Gasteiger partial charge >= 0.3 is 0 Å². The normalized spacial score (nSPS) is 13.6. The van der Waals surface area contributed by atoms with E-state index in [1.54, 1.807) is 32.4 Å². The van der Waals surface area contributed by atoms with Gasteiger partial charge in [0.15, 0.2) is 0 Å². The molecule has 0 saturated carbocycles. The number of nitrogens with zero attached hydrogens (tertiary/aromatic N) is 4. The lowest BCUT2D eigenvalue weighted by molar-refractivity contribution is 0.0745. The minimum absolute atomic E-state index is 0.0348. The molecule has 8 nitrogen and oxygen atoms in total. The highest BCUT2D eigenvalue weighted by Gasteiger charge is 2.24. The zero-order valence-electron chi connectivity index (χ0n) is 19.5. The second-order valence-electron chi connectivity index (χ2n) is 8.06. The number of methoxy groups -OCH3 is 2. The zero-order chi connectivity index (χ0) is 23.4. The smallest absolute Gasteiger partial charge is 0.254 e. The van der Waals surface area contributed by atoms with E-state index >= 15 is 0 Å². The zero-order valence-corrected chi connectivity index (χ0v) is 19.5. The summed E-state index contributed by atoms with van der Waals surface area (Å²) in [6.07, 6.45) is 0. The van der Waals surface area contributed by atoms with E-state index in [2.05, 4.69) is 22.1 Å². The van der Waals surface area contributed by atoms with E-state index < -0.39 is 0 Å². The molecule has 172 valence electrons. The summed E-state index contributed by atoms with van der Waals surface area (Å²) in [6, 6.07) is 15.3. The van der Waals surface area contributed by atoms with Crippen molar-refractivity contribution in [3.63, 3.8) is 0 Å². The van der Waals surface area contributed by atoms with Crippen molar-refractivity contribution in [2.45, 2.75) is 13.8 Å². The van der Waals surface area contributed by atoms with Gasteiger partial charge in [-0.2, -0.15) is 4.98 Å². The minimum atomic E-state index is -0.0348. The van der Waals surface area contributed by atoms with Crippen molar-refractivity contribution in [3.8, 4) is 11.5 Å². The monoisotopic (exact) mass is 447 g/mol. The average Bonchev–Trinajstić information content (AvgIpc) is 2.84. The molecule has 33 heavy (non-hydrogen) atoms. The van der Waals surface area contributed by atoms with Crippen LogP contribution in [0, 0.1) is 13.8 Å². The maximum atomic E-state index is 13.1. The van der Waals surface area contributed by atoms with Crippen LogP contribution in [0.4, 0.5) is 17.5 Å². The Kier molecular flexibility index (Phi) is 6.63. The molecule has 1 fully saturated rings. The highest BCUT2D eigenvalue weighted by molar-refractivity contribution is 5.95. The fourth-order valence-corrected chi connectivity index (χ4v) is 3.79. The fourth-order valence-electron chi connectivity index (χ4n) is 3.79. The van der Waals surface area contributed by atoms with Gasteiger partial charge < -0.3 is 24.6 Å². The number of aryl methyl sites for hydroxylation is 2. The van der Waals surface area contributed by atoms with Gasteiger partial charge in [-0.15, -0.1) is 0 Å². The lowest BCUT2D eigenvalue weighted by Gasteiger charge is -2.35. The van der Waals surface area contributed by atoms with Gasteiger partial charge in [0, 0.05) is 55.3 Å². The summed E-state index contributed by atoms with van der Waals surface area (Å²) in [6.45, 7) is 6.59. The van der Waals surface area contributed by atoms with Crippen molar-refractivity contribution in [2.75, 3.05) is 50.6 Å². The first kappa shape index (κ1) is 22.4. The van der Waals surface area contributed by atoms with E-state index in [4.69, 9.17) is 14.5 Å². The van der Waals surface area contributed by atoms with E-state index in [9.17, 15) is 4.79 Å². The largest absolute Gasteiger partial charge is 0.497 e. The minimum Gasteiger partial charge on any atom is -0.497 e. The maximum Gasteiger partial charge on any atom is 0.254 e. The molecule has 1 N–H and O–H groups in total. The standard InChI is InChI=1S/C25H29N5O3/c1-17-5-7-20(8-6-17)27-25-26-18(2)13-23(28-25)29-9-11-30(12-10-29)24(31)19-14-21(32-3)16-22(15-19)33-4/h5-8,13-16H,9-12H2,1-4H3,(H,26,27,28). The van der Waals surface area contributed by atoms with Crippen LogP contribution in [0.15, 0.2) is 48.5 Å². The van der Waals surface area contributed by atoms with Crippen molar-refractivity contribution < 1.29 is 14.3 Å². The second-order valence-corrected chi connectivity index (χ2v) is 8.06. The Balaban J connectivity index is 1.44. The number of carbonyl (C=O) groups is 1. The van der Waals surface area contributed by atoms with Gasteiger partial charge in [0.05, 0.1) is 14.2 Å². The third-order valence-electron chi connectivity index (χ3n) is 5.64. The summed E-state index contributed by atoms with van der Waals surface area (Å²) in [7, 11) is 3.15. The third kappa shape index (κ3) is 5.34. The first-order valence-electron chi connectivity index (χ1n) is 10.9. The number of amides is 1. The lowest BCUT2D eigenvalue weighted by Crippen LogP contribution is -2.49. The molecule has 8 heteroatoms. The van der Waals surface area contributed by atoms with Gasteiger partial charge in [-0.3, -0.25) is 4.79 Å². The van der Waals surface area contributed by atoms with Gasteiger partial charge in [-0.05, 0) is 38.1 Å². The van der Waals surface area contributed by atoms with Gasteiger partial charge in [-0.1, -0.05) is 17.7 Å². The molecule has 0 bridgehead atoms. The Bertz CT molecular complexity index is 1100. The molecule has 3 aromatic rings. The van der Waals surface area contributed by atoms with Crippen LogP contribution in [-0.2, 0) is 0 Å². The van der Waals surface area contributed by atoms with Crippen molar-refractivity contribution in [2.24, 2.45) is 0 Å². The number of hydrogen-bond acceptors (Lipinski definition) is 7. The number of benzene rings is 2. The molecule has 1 amide bonds. The number of nitrogens with one attached hydrogen (secondary N) is 1. The Morgan fingerprint density at radius 1 is 0.879 bits per heavy atom. The van der Waals surface area contributed by atoms with Crippen molar-refractivity contribution in [1.82, 2.24) is 14.9 Å². The van der Waals surface area contributed by atoms with Gasteiger partial charge in [-0.25, -0.2) is 4.98 Å². The van der Waals surface area contributed by atoms with Crippen LogP contribution in [0.5, 0.6) is 11.5 Å². The van der Waals surface area contributed by atoms with E-state index in [0.717, 1.165) is 17.2 Å². The molecule has 0 unspecified atom stereocenters. The highest BCUT2D eigenvalue weighted by Crippen LogP contribution is 2.25. The molecule has 1 aliphatic rings. The molecule has 0 atom stereocenters. The summed E-state index contributed by atoms with van der Waals surface area (Å²) in [4.78, 5) is 26.4. The molecule has 0 spiro atoms. The number of piperazine rings is 1. The number of carbonyl (C=O) groups excluding carboxylic acids is 1. The Labute approximate surface area is 194 Å². The van der Waals surface area contributed by atoms with Crippen LogP contribution in [0.1, 0.15) is 21.6 Å². The predicted octanol–water partition coefficient (Wildman–Crippen LogP) is 3.82. The molecular weight excluding hydrogens is 418 g/mol. The summed E-state index contributed by atoms with van der Waals surface area (Å²) < 4.78 is 10.6. The Morgan fingerprint density at radius 3 is 2.12 bits per heavy atom. The number of anilines is 3. The quantitative estimate of drug-likeness (QED) is 0.615. The van der Waals surface area contributed by atoms with E-state index in [1.807, 2.05) is 42.2 Å². The third-order valence-corrected chi connectivity index (χ3v) is 5.64. The van der Waals surface area contributed by atoms with Crippen molar-refractivity contribution in [3.05, 3.63) is 65.4 Å². The second kappa shape index (κ2) is 9.77. The molecule has 2 heterocycles. The van der Waals surface area contributed by atoms with Gasteiger partial charge in [0.25, 0.3) is 5.91 Å². The molecular formula is C25H29N5O3. The maximum absolute atomic E-state index is 13.1. The molecule has 1 aromatic heterocycles. The molecule has 1 aliphatic heterocycles. The van der Waals surface area contributed by atoms with E-state index in [1.165, 1.54) is 5.56 Å². The number of ether oxygens (including phenoxy) is 2. The molecule has 1 saturated heterocycles. The van der Waals surface area contributed by atoms with Crippen molar-refractivity contribution >= 4 is 23.4 Å². The summed E-state index contributed by atoms with van der Waals surface area (Å²) in [5.41, 5.74) is 3.59. The summed E-state index contributed by atoms with van der Waals surface area (Å²) in [5.74, 6) is 2.58. The van der Waals surface area contributed by atoms with Crippen LogP contribution in [0.2, 0.25) is 0 Å². The summed E-state index contributed by atoms with van der Waals surface area (Å²) >= 11 is 0. The average molecular weight is 448 g/mol. The van der Waals surface area contributed by atoms with E-state index in [-0.39, 0.29) is 5.91 Å². The van der Waals surface area contributed by atoms with Gasteiger partial charge in [0.2, 0.25) is 5.95 Å². The molecule has 4 rings (SSSR count). The molecule has 2 aromatic carbocycles. The van der Waals surface area contributed by atoms with Crippen molar-refractivity contribution in [1.29, 1.82) is 0 Å². The van der Waals surface area contributed by atoms with Crippen LogP contribution in [-0.4, -0.2) is 61.2 Å². The Hall–Kier alpha value is -3.81. The number of aromatic nitrogens is 2. The first-order chi connectivity index (χ1) is 15.9. The number of rotatable bonds is 6. The molecule has 0 radical (unpaired) electrons. The number of hydrogen-bond donors (Lipinski definition) is 1. The van der Waals surface area contributed by atoms with Crippen LogP contribution in [0.3, 0.4) is 0 Å². The van der Waals surface area contributed by atoms with Crippen LogP contribution >= 0.6 is 0 Å². The van der Waals surface area contributed by atoms with E-state index in [0.29, 0.717) is 49.2 Å². The highest BCUT2D eigenvalue weighted by atomic mass is 16.5. The fraction of sp³-hybridized carbons (Fsp3) is 0.320. The lowest BCUT2D eigenvalue weighted by atomic mass is 10.1. The predicted molar refractivity (Wildman–Crippen MR) is 129 cm³/mol. The van der Waals surface area contributed by atoms with Gasteiger partial charge in [0.1, 0.15) is 17.3 Å².